The van der Waals surface area contributed by atoms with Gasteiger partial charge in [-0.1, -0.05) is 6.08 Å². The third kappa shape index (κ3) is 7.80. The highest BCUT2D eigenvalue weighted by atomic mass is 32.2. The van der Waals surface area contributed by atoms with Gasteiger partial charge in [-0.15, -0.1) is 0 Å². The maximum absolute atomic E-state index is 13.5. The van der Waals surface area contributed by atoms with Crippen LogP contribution in [0.15, 0.2) is 12.2 Å². The molecule has 0 saturated carbocycles. The second-order valence-corrected chi connectivity index (χ2v) is 8.63. The van der Waals surface area contributed by atoms with Crippen LogP contribution in [0.4, 0.5) is 57.1 Å². The van der Waals surface area contributed by atoms with Gasteiger partial charge in [0.05, 0.1) is 25.1 Å². The minimum absolute atomic E-state index is 0.182. The number of alkyl halides is 13. The summed E-state index contributed by atoms with van der Waals surface area (Å²) in [6.07, 6.45) is -10.3. The summed E-state index contributed by atoms with van der Waals surface area (Å²) in [7, 11) is -3.08. The van der Waals surface area contributed by atoms with E-state index in [2.05, 4.69) is 4.74 Å². The van der Waals surface area contributed by atoms with Crippen LogP contribution >= 0.6 is 0 Å². The number of hydrogen-bond acceptors (Lipinski definition) is 5. The number of hydrogen-bond donors (Lipinski definition) is 2. The molecule has 6 nitrogen and oxygen atoms in total. The lowest BCUT2D eigenvalue weighted by Crippen LogP contribution is -2.69. The molecule has 35 heavy (non-hydrogen) atoms. The zero-order valence-corrected chi connectivity index (χ0v) is 18.0. The van der Waals surface area contributed by atoms with E-state index in [1.807, 2.05) is 0 Å². The van der Waals surface area contributed by atoms with Crippen molar-refractivity contribution in [2.75, 3.05) is 39.1 Å². The van der Waals surface area contributed by atoms with Crippen LogP contribution in [0.25, 0.3) is 0 Å². The van der Waals surface area contributed by atoms with Gasteiger partial charge in [0.25, 0.3) is 10.1 Å². The van der Waals surface area contributed by atoms with E-state index >= 15 is 0 Å². The third-order valence-electron chi connectivity index (χ3n) is 4.06. The van der Waals surface area contributed by atoms with E-state index in [0.717, 1.165) is 4.90 Å². The van der Waals surface area contributed by atoms with E-state index in [1.54, 1.807) is 0 Å². The lowest BCUT2D eigenvalue weighted by atomic mass is 9.94. The van der Waals surface area contributed by atoms with Crippen molar-refractivity contribution in [2.45, 2.75) is 41.9 Å². The molecule has 0 aliphatic carbocycles. The fraction of sp³-hybridized carbons (Fsp3) is 0.867. The van der Waals surface area contributed by atoms with Gasteiger partial charge in [0, 0.05) is 13.1 Å². The minimum Gasteiger partial charge on any atom is -0.389 e. The first-order valence-electron chi connectivity index (χ1n) is 8.77. The molecule has 20 heteroatoms. The zero-order valence-electron chi connectivity index (χ0n) is 17.2. The summed E-state index contributed by atoms with van der Waals surface area (Å²) in [5.74, 6) is -38.2. The Hall–Kier alpha value is -1.38. The molecule has 0 amide bonds. The van der Waals surface area contributed by atoms with Crippen LogP contribution in [-0.4, -0.2) is 104 Å². The van der Waals surface area contributed by atoms with Crippen molar-refractivity contribution in [2.24, 2.45) is 0 Å². The van der Waals surface area contributed by atoms with E-state index in [4.69, 9.17) is 4.55 Å². The SMILES string of the molecule is CN(CCS(=O)(=O)O)CC(O)COC/C=C/C(F)(F)C(F)(F)C(F)(F)C(F)(F)C(F)(F)C(F)(F)F. The molecule has 0 aliphatic rings. The van der Waals surface area contributed by atoms with E-state index in [0.29, 0.717) is 0 Å². The second-order valence-electron chi connectivity index (χ2n) is 7.06. The van der Waals surface area contributed by atoms with Gasteiger partial charge >= 0.3 is 35.8 Å². The highest BCUT2D eigenvalue weighted by Gasteiger charge is 2.90. The van der Waals surface area contributed by atoms with Crippen LogP contribution in [0.2, 0.25) is 0 Å². The molecule has 0 saturated heterocycles. The predicted octanol–water partition coefficient (Wildman–Crippen LogP) is 3.48. The minimum atomic E-state index is -7.99. The van der Waals surface area contributed by atoms with Gasteiger partial charge in [-0.25, -0.2) is 0 Å². The van der Waals surface area contributed by atoms with E-state index in [9.17, 15) is 70.6 Å². The molecule has 0 aromatic heterocycles. The fourth-order valence-corrected chi connectivity index (χ4v) is 2.67. The Labute approximate surface area is 189 Å². The Bertz CT molecular complexity index is 830. The van der Waals surface area contributed by atoms with Gasteiger partial charge < -0.3 is 14.7 Å². The topological polar surface area (TPSA) is 87.1 Å². The Morgan fingerprint density at radius 2 is 1.31 bits per heavy atom. The first-order chi connectivity index (χ1) is 15.2. The standard InChI is InChI=1S/C15H18F13NO5S/c1-29(4-6-35(31,32)33)7-9(30)8-34-5-2-3-10(16,17)11(18,19)12(20,21)13(22,23)14(24,25)15(26,27)28/h2-3,9,30H,4-8H2,1H3,(H,31,32,33)/b3-2+. The molecule has 0 aromatic rings. The third-order valence-corrected chi connectivity index (χ3v) is 4.76. The molecule has 0 bridgehead atoms. The summed E-state index contributed by atoms with van der Waals surface area (Å²) in [4.78, 5) is 1.14. The molecule has 0 aromatic carbocycles. The summed E-state index contributed by atoms with van der Waals surface area (Å²) in [6, 6.07) is 0. The Morgan fingerprint density at radius 3 is 1.74 bits per heavy atom. The lowest BCUT2D eigenvalue weighted by Gasteiger charge is -2.39. The highest BCUT2D eigenvalue weighted by Crippen LogP contribution is 2.60. The van der Waals surface area contributed by atoms with E-state index in [1.165, 1.54) is 7.05 Å². The number of rotatable bonds is 14. The van der Waals surface area contributed by atoms with Gasteiger partial charge in [0.1, 0.15) is 0 Å². The summed E-state index contributed by atoms with van der Waals surface area (Å²) in [6.45, 7) is -2.59. The Balaban J connectivity index is 5.22. The number of halogens is 13. The molecule has 2 N–H and O–H groups in total. The predicted molar refractivity (Wildman–Crippen MR) is 90.7 cm³/mol. The zero-order chi connectivity index (χ0) is 28.3. The molecular formula is C15H18F13NO5S. The van der Waals surface area contributed by atoms with Crippen LogP contribution < -0.4 is 0 Å². The molecule has 1 unspecified atom stereocenters. The number of aliphatic hydroxyl groups excluding tert-OH is 1. The second kappa shape index (κ2) is 10.9. The number of allylic oxidation sites excluding steroid dienone is 1. The van der Waals surface area contributed by atoms with Crippen molar-refractivity contribution in [1.29, 1.82) is 0 Å². The molecule has 0 fully saturated rings. The summed E-state index contributed by atoms with van der Waals surface area (Å²) < 4.78 is 202. The van der Waals surface area contributed by atoms with E-state index in [-0.39, 0.29) is 19.2 Å². The van der Waals surface area contributed by atoms with Crippen LogP contribution in [0.3, 0.4) is 0 Å². The Kier molecular flexibility index (Phi) is 10.5. The molecule has 1 atom stereocenters. The normalized spacial score (nSPS) is 16.4. The lowest BCUT2D eigenvalue weighted by molar-refractivity contribution is -0.436. The largest absolute Gasteiger partial charge is 0.460 e. The van der Waals surface area contributed by atoms with Gasteiger partial charge in [-0.2, -0.15) is 65.5 Å². The molecule has 0 rings (SSSR count). The van der Waals surface area contributed by atoms with Crippen molar-refractivity contribution in [3.8, 4) is 0 Å². The molecule has 210 valence electrons. The van der Waals surface area contributed by atoms with Crippen LogP contribution in [0.1, 0.15) is 0 Å². The quantitative estimate of drug-likeness (QED) is 0.144. The summed E-state index contributed by atoms with van der Waals surface area (Å²) in [5, 5.41) is 9.56. The smallest absolute Gasteiger partial charge is 0.389 e. The van der Waals surface area contributed by atoms with Crippen LogP contribution in [0, 0.1) is 0 Å². The fourth-order valence-electron chi connectivity index (χ4n) is 2.13. The first kappa shape index (κ1) is 33.6. The summed E-state index contributed by atoms with van der Waals surface area (Å²) >= 11 is 0. The highest BCUT2D eigenvalue weighted by molar-refractivity contribution is 7.85. The summed E-state index contributed by atoms with van der Waals surface area (Å²) in [5.41, 5.74) is 0. The number of nitrogens with zero attached hydrogens (tertiary/aromatic N) is 1. The van der Waals surface area contributed by atoms with Gasteiger partial charge in [-0.05, 0) is 13.1 Å². The number of likely N-dealkylation sites (N-methyl/N-ethyl adjacent to an activating group) is 1. The number of ether oxygens (including phenoxy) is 1. The monoisotopic (exact) mass is 571 g/mol. The average Bonchev–Trinajstić information content (AvgIpc) is 2.63. The molecule has 0 aliphatic heterocycles. The van der Waals surface area contributed by atoms with Crippen LogP contribution in [0.5, 0.6) is 0 Å². The van der Waals surface area contributed by atoms with Gasteiger partial charge in [-0.3, -0.25) is 4.55 Å². The van der Waals surface area contributed by atoms with E-state index < -0.39 is 77.1 Å². The van der Waals surface area contributed by atoms with Gasteiger partial charge in [0.2, 0.25) is 0 Å². The van der Waals surface area contributed by atoms with Crippen molar-refractivity contribution in [1.82, 2.24) is 4.90 Å². The Morgan fingerprint density at radius 1 is 0.857 bits per heavy atom. The average molecular weight is 571 g/mol. The molecule has 0 spiro atoms. The van der Waals surface area contributed by atoms with Crippen molar-refractivity contribution in [3.05, 3.63) is 12.2 Å². The van der Waals surface area contributed by atoms with Crippen molar-refractivity contribution >= 4 is 10.1 Å². The molecule has 0 radical (unpaired) electrons. The van der Waals surface area contributed by atoms with Crippen LogP contribution in [-0.2, 0) is 14.9 Å². The first-order valence-corrected chi connectivity index (χ1v) is 10.4. The van der Waals surface area contributed by atoms with Gasteiger partial charge in [0.15, 0.2) is 0 Å². The number of aliphatic hydroxyl groups is 1. The van der Waals surface area contributed by atoms with Crippen molar-refractivity contribution in [3.63, 3.8) is 0 Å². The maximum atomic E-state index is 13.5. The molecular weight excluding hydrogens is 553 g/mol. The maximum Gasteiger partial charge on any atom is 0.460 e. The molecule has 0 heterocycles. The van der Waals surface area contributed by atoms with Crippen molar-refractivity contribution < 1.29 is 79.9 Å².